The molecule has 2 aromatic rings. The first-order valence-corrected chi connectivity index (χ1v) is 8.04. The van der Waals surface area contributed by atoms with Crippen molar-refractivity contribution >= 4 is 40.9 Å². The van der Waals surface area contributed by atoms with Crippen LogP contribution in [0.25, 0.3) is 0 Å². The van der Waals surface area contributed by atoms with Gasteiger partial charge in [0, 0.05) is 15.0 Å². The summed E-state index contributed by atoms with van der Waals surface area (Å²) in [5.41, 5.74) is 2.95. The highest BCUT2D eigenvalue weighted by Crippen LogP contribution is 2.19. The van der Waals surface area contributed by atoms with Gasteiger partial charge >= 0.3 is 5.95 Å². The van der Waals surface area contributed by atoms with Crippen LogP contribution in [0.5, 0.6) is 0 Å². The number of rotatable bonds is 7. The minimum Gasteiger partial charge on any atom is -0.390 e. The molecule has 0 spiro atoms. The standard InChI is InChI=1S/C13H13ClN6O3S/c1-9(6-19-8-15-13(18-19)20(22)23)16-17-12(21)7-24-11-4-2-10(14)3-5-11/h2-5,8H,6-7H2,1H3,(H,17,21). The van der Waals surface area contributed by atoms with Crippen LogP contribution < -0.4 is 5.43 Å². The summed E-state index contributed by atoms with van der Waals surface area (Å²) in [6, 6.07) is 7.15. The molecule has 1 N–H and O–H groups in total. The van der Waals surface area contributed by atoms with Crippen molar-refractivity contribution in [1.82, 2.24) is 20.2 Å². The van der Waals surface area contributed by atoms with E-state index >= 15 is 0 Å². The second-order valence-corrected chi connectivity index (χ2v) is 6.11. The van der Waals surface area contributed by atoms with E-state index < -0.39 is 10.9 Å². The third-order valence-electron chi connectivity index (χ3n) is 2.63. The predicted molar refractivity (Wildman–Crippen MR) is 90.1 cm³/mol. The quantitative estimate of drug-likeness (QED) is 0.346. The smallest absolute Gasteiger partial charge is 0.390 e. The fourth-order valence-electron chi connectivity index (χ4n) is 1.58. The number of nitrogens with zero attached hydrogens (tertiary/aromatic N) is 5. The zero-order chi connectivity index (χ0) is 17.5. The van der Waals surface area contributed by atoms with Gasteiger partial charge in [-0.15, -0.1) is 11.8 Å². The molecule has 9 nitrogen and oxygen atoms in total. The number of halogens is 1. The highest BCUT2D eigenvalue weighted by atomic mass is 35.5. The van der Waals surface area contributed by atoms with Gasteiger partial charge in [-0.1, -0.05) is 16.6 Å². The van der Waals surface area contributed by atoms with Crippen molar-refractivity contribution in [3.8, 4) is 0 Å². The Hall–Kier alpha value is -2.46. The molecule has 0 bridgehead atoms. The van der Waals surface area contributed by atoms with Crippen LogP contribution in [0.15, 0.2) is 40.6 Å². The maximum absolute atomic E-state index is 11.7. The summed E-state index contributed by atoms with van der Waals surface area (Å²) in [7, 11) is 0. The molecule has 0 aliphatic carbocycles. The largest absolute Gasteiger partial charge is 0.490 e. The maximum atomic E-state index is 11.7. The van der Waals surface area contributed by atoms with E-state index in [0.29, 0.717) is 10.7 Å². The summed E-state index contributed by atoms with van der Waals surface area (Å²) in [4.78, 5) is 26.0. The van der Waals surface area contributed by atoms with Gasteiger partial charge in [-0.2, -0.15) is 9.78 Å². The number of thioether (sulfide) groups is 1. The van der Waals surface area contributed by atoms with E-state index in [4.69, 9.17) is 11.6 Å². The number of nitrogens with one attached hydrogen (secondary N) is 1. The maximum Gasteiger partial charge on any atom is 0.490 e. The van der Waals surface area contributed by atoms with Gasteiger partial charge in [-0.25, -0.2) is 5.43 Å². The number of amides is 1. The van der Waals surface area contributed by atoms with Crippen molar-refractivity contribution in [2.75, 3.05) is 5.75 Å². The molecule has 24 heavy (non-hydrogen) atoms. The molecule has 0 aliphatic heterocycles. The summed E-state index contributed by atoms with van der Waals surface area (Å²) in [5, 5.41) is 18.7. The van der Waals surface area contributed by atoms with E-state index in [1.807, 2.05) is 12.1 Å². The van der Waals surface area contributed by atoms with Gasteiger partial charge < -0.3 is 10.1 Å². The van der Waals surface area contributed by atoms with Crippen LogP contribution in [0, 0.1) is 10.1 Å². The molecule has 0 unspecified atom stereocenters. The lowest BCUT2D eigenvalue weighted by molar-refractivity contribution is -0.394. The van der Waals surface area contributed by atoms with Gasteiger partial charge in [0.2, 0.25) is 12.2 Å². The number of hydrogen-bond donors (Lipinski definition) is 1. The lowest BCUT2D eigenvalue weighted by atomic mass is 10.4. The molecule has 1 aromatic heterocycles. The fraction of sp³-hybridized carbons (Fsp3) is 0.231. The molecule has 126 valence electrons. The topological polar surface area (TPSA) is 115 Å². The summed E-state index contributed by atoms with van der Waals surface area (Å²) < 4.78 is 1.27. The van der Waals surface area contributed by atoms with Gasteiger partial charge in [0.05, 0.1) is 18.0 Å². The molecule has 1 heterocycles. The van der Waals surface area contributed by atoms with Gasteiger partial charge in [-0.3, -0.25) is 4.79 Å². The zero-order valence-electron chi connectivity index (χ0n) is 12.5. The number of hydrazone groups is 1. The van der Waals surface area contributed by atoms with Crippen LogP contribution in [-0.4, -0.2) is 37.1 Å². The first-order chi connectivity index (χ1) is 11.4. The summed E-state index contributed by atoms with van der Waals surface area (Å²) in [6.07, 6.45) is 1.23. The Balaban J connectivity index is 1.79. The van der Waals surface area contributed by atoms with Crippen molar-refractivity contribution in [2.24, 2.45) is 5.10 Å². The van der Waals surface area contributed by atoms with Crippen molar-refractivity contribution in [3.63, 3.8) is 0 Å². The highest BCUT2D eigenvalue weighted by molar-refractivity contribution is 8.00. The number of hydrogen-bond acceptors (Lipinski definition) is 7. The van der Waals surface area contributed by atoms with Crippen molar-refractivity contribution in [1.29, 1.82) is 0 Å². The SMILES string of the molecule is CC(Cn1cnc([N+](=O)[O-])n1)=NNC(=O)CSc1ccc(Cl)cc1. The second kappa shape index (κ2) is 8.41. The van der Waals surface area contributed by atoms with Gasteiger partial charge in [0.1, 0.15) is 0 Å². The first kappa shape index (κ1) is 17.9. The Labute approximate surface area is 146 Å². The minimum atomic E-state index is -0.682. The van der Waals surface area contributed by atoms with Crippen LogP contribution in [-0.2, 0) is 11.3 Å². The van der Waals surface area contributed by atoms with E-state index in [2.05, 4.69) is 20.6 Å². The number of carbonyl (C=O) groups is 1. The number of nitro groups is 1. The first-order valence-electron chi connectivity index (χ1n) is 6.68. The monoisotopic (exact) mass is 368 g/mol. The second-order valence-electron chi connectivity index (χ2n) is 4.62. The van der Waals surface area contributed by atoms with Gasteiger partial charge in [0.15, 0.2) is 0 Å². The van der Waals surface area contributed by atoms with Gasteiger partial charge in [-0.05, 0) is 36.1 Å². The molecule has 11 heteroatoms. The summed E-state index contributed by atoms with van der Waals surface area (Å²) in [6.45, 7) is 1.85. The Morgan fingerprint density at radius 2 is 2.17 bits per heavy atom. The fourth-order valence-corrected chi connectivity index (χ4v) is 2.40. The number of aromatic nitrogens is 3. The third kappa shape index (κ3) is 5.63. The van der Waals surface area contributed by atoms with Crippen molar-refractivity contribution < 1.29 is 9.72 Å². The van der Waals surface area contributed by atoms with E-state index in [-0.39, 0.29) is 18.2 Å². The minimum absolute atomic E-state index is 0.186. The molecule has 0 saturated heterocycles. The number of benzene rings is 1. The van der Waals surface area contributed by atoms with E-state index in [1.165, 1.54) is 22.8 Å². The number of carbonyl (C=O) groups excluding carboxylic acids is 1. The highest BCUT2D eigenvalue weighted by Gasteiger charge is 2.13. The molecule has 1 aromatic carbocycles. The predicted octanol–water partition coefficient (Wildman–Crippen LogP) is 2.12. The lowest BCUT2D eigenvalue weighted by Crippen LogP contribution is -2.22. The molecule has 0 radical (unpaired) electrons. The summed E-state index contributed by atoms with van der Waals surface area (Å²) in [5.74, 6) is -0.544. The molecule has 0 aliphatic rings. The van der Waals surface area contributed by atoms with Crippen molar-refractivity contribution in [3.05, 3.63) is 45.7 Å². The molecule has 2 rings (SSSR count). The Morgan fingerprint density at radius 1 is 1.46 bits per heavy atom. The zero-order valence-corrected chi connectivity index (χ0v) is 14.1. The van der Waals surface area contributed by atoms with Crippen LogP contribution in [0.1, 0.15) is 6.92 Å². The van der Waals surface area contributed by atoms with E-state index in [1.54, 1.807) is 19.1 Å². The third-order valence-corrected chi connectivity index (χ3v) is 3.90. The Bertz CT molecular complexity index is 761. The van der Waals surface area contributed by atoms with Crippen molar-refractivity contribution in [2.45, 2.75) is 18.4 Å². The molecule has 1 amide bonds. The Morgan fingerprint density at radius 3 is 2.79 bits per heavy atom. The average molecular weight is 369 g/mol. The molecule has 0 saturated carbocycles. The van der Waals surface area contributed by atoms with Crippen LogP contribution in [0.3, 0.4) is 0 Å². The summed E-state index contributed by atoms with van der Waals surface area (Å²) >= 11 is 7.15. The lowest BCUT2D eigenvalue weighted by Gasteiger charge is -2.02. The van der Waals surface area contributed by atoms with Crippen LogP contribution in [0.2, 0.25) is 5.02 Å². The molecular weight excluding hydrogens is 356 g/mol. The molecule has 0 fully saturated rings. The normalized spacial score (nSPS) is 11.3. The Kier molecular flexibility index (Phi) is 6.27. The molecular formula is C13H13ClN6O3S. The van der Waals surface area contributed by atoms with E-state index in [9.17, 15) is 14.9 Å². The molecule has 0 atom stereocenters. The van der Waals surface area contributed by atoms with Gasteiger partial charge in [0.25, 0.3) is 0 Å². The van der Waals surface area contributed by atoms with E-state index in [0.717, 1.165) is 4.90 Å². The van der Waals surface area contributed by atoms with Crippen LogP contribution in [0.4, 0.5) is 5.95 Å². The average Bonchev–Trinajstić information content (AvgIpc) is 3.01. The van der Waals surface area contributed by atoms with Crippen LogP contribution >= 0.6 is 23.4 Å².